The molecule has 53 heavy (non-hydrogen) atoms. The van der Waals surface area contributed by atoms with Crippen LogP contribution >= 0.6 is 0 Å². The van der Waals surface area contributed by atoms with E-state index in [1.165, 1.54) is 33.2 Å². The van der Waals surface area contributed by atoms with Gasteiger partial charge in [-0.1, -0.05) is 133 Å². The molecule has 11 rings (SSSR count). The summed E-state index contributed by atoms with van der Waals surface area (Å²) in [5.41, 5.74) is 14.5. The molecule has 10 aromatic rings. The maximum absolute atomic E-state index is 6.83. The molecule has 1 aliphatic heterocycles. The molecule has 2 aromatic heterocycles. The molecule has 0 spiro atoms. The second-order valence-corrected chi connectivity index (χ2v) is 13.8. The number of hydrogen-bond acceptors (Lipinski definition) is 3. The molecule has 8 aromatic carbocycles. The zero-order valence-corrected chi connectivity index (χ0v) is 28.8. The molecular formula is C49H33N3O. The Kier molecular flexibility index (Phi) is 6.58. The van der Waals surface area contributed by atoms with Crippen LogP contribution < -0.4 is 10.2 Å². The molecule has 4 heteroatoms. The monoisotopic (exact) mass is 679 g/mol. The average molecular weight is 680 g/mol. The molecule has 1 unspecified atom stereocenters. The first-order valence-corrected chi connectivity index (χ1v) is 18.1. The van der Waals surface area contributed by atoms with Crippen LogP contribution in [-0.2, 0) is 0 Å². The van der Waals surface area contributed by atoms with Gasteiger partial charge in [0.2, 0.25) is 0 Å². The summed E-state index contributed by atoms with van der Waals surface area (Å²) in [6.45, 7) is 0. The lowest BCUT2D eigenvalue weighted by Crippen LogP contribution is -2.23. The summed E-state index contributed by atoms with van der Waals surface area (Å²) in [4.78, 5) is 2.39. The molecule has 3 heterocycles. The SMILES string of the molecule is c1ccc(-c2ccc3c(c2)c2ccccc2n3-c2cccc3c2oc2cccc(-c4ccc(N5c6ccccc6NC5c5ccccc5)cc4)c23)cc1. The Bertz CT molecular complexity index is 2980. The molecule has 0 amide bonds. The largest absolute Gasteiger partial charge is 0.454 e. The third-order valence-electron chi connectivity index (χ3n) is 10.8. The van der Waals surface area contributed by atoms with Crippen molar-refractivity contribution >= 4 is 60.8 Å². The zero-order chi connectivity index (χ0) is 34.9. The molecule has 0 fully saturated rings. The Morgan fingerprint density at radius 1 is 0.472 bits per heavy atom. The fraction of sp³-hybridized carbons (Fsp3) is 0.0204. The third kappa shape index (κ3) is 4.62. The first-order chi connectivity index (χ1) is 26.3. The lowest BCUT2D eigenvalue weighted by molar-refractivity contribution is 0.666. The highest BCUT2D eigenvalue weighted by atomic mass is 16.3. The average Bonchev–Trinajstić information content (AvgIpc) is 3.91. The van der Waals surface area contributed by atoms with Gasteiger partial charge >= 0.3 is 0 Å². The van der Waals surface area contributed by atoms with Crippen molar-refractivity contribution in [1.82, 2.24) is 4.57 Å². The van der Waals surface area contributed by atoms with Crippen LogP contribution in [-0.4, -0.2) is 4.57 Å². The van der Waals surface area contributed by atoms with Crippen molar-refractivity contribution in [3.05, 3.63) is 194 Å². The molecule has 0 bridgehead atoms. The van der Waals surface area contributed by atoms with E-state index in [0.717, 1.165) is 61.2 Å². The first kappa shape index (κ1) is 29.7. The molecule has 1 aliphatic rings. The second kappa shape index (κ2) is 11.8. The predicted molar refractivity (Wildman–Crippen MR) is 220 cm³/mol. The van der Waals surface area contributed by atoms with Crippen LogP contribution in [0.1, 0.15) is 11.7 Å². The number of aromatic nitrogens is 1. The van der Waals surface area contributed by atoms with Crippen molar-refractivity contribution < 1.29 is 4.42 Å². The van der Waals surface area contributed by atoms with Crippen molar-refractivity contribution in [3.63, 3.8) is 0 Å². The highest BCUT2D eigenvalue weighted by Crippen LogP contribution is 2.47. The smallest absolute Gasteiger partial charge is 0.159 e. The molecular weight excluding hydrogens is 647 g/mol. The van der Waals surface area contributed by atoms with E-state index in [2.05, 4.69) is 203 Å². The van der Waals surface area contributed by atoms with E-state index in [4.69, 9.17) is 4.42 Å². The van der Waals surface area contributed by atoms with Crippen LogP contribution in [0, 0.1) is 0 Å². The molecule has 0 saturated heterocycles. The van der Waals surface area contributed by atoms with Gasteiger partial charge in [-0.15, -0.1) is 0 Å². The Morgan fingerprint density at radius 3 is 2.02 bits per heavy atom. The van der Waals surface area contributed by atoms with Gasteiger partial charge < -0.3 is 19.2 Å². The van der Waals surface area contributed by atoms with Gasteiger partial charge in [0, 0.05) is 27.2 Å². The summed E-state index contributed by atoms with van der Waals surface area (Å²) in [5, 5.41) is 8.42. The molecule has 0 saturated carbocycles. The van der Waals surface area contributed by atoms with Crippen molar-refractivity contribution in [2.45, 2.75) is 6.17 Å². The van der Waals surface area contributed by atoms with E-state index < -0.39 is 0 Å². The number of furan rings is 1. The number of nitrogens with zero attached hydrogens (tertiary/aromatic N) is 2. The summed E-state index contributed by atoms with van der Waals surface area (Å²) in [6, 6.07) is 67.2. The highest BCUT2D eigenvalue weighted by Gasteiger charge is 2.31. The Morgan fingerprint density at radius 2 is 1.15 bits per heavy atom. The van der Waals surface area contributed by atoms with Crippen molar-refractivity contribution in [1.29, 1.82) is 0 Å². The van der Waals surface area contributed by atoms with Crippen LogP contribution in [0.25, 0.3) is 71.7 Å². The van der Waals surface area contributed by atoms with E-state index >= 15 is 0 Å². The van der Waals surface area contributed by atoms with E-state index in [0.29, 0.717) is 0 Å². The van der Waals surface area contributed by atoms with Gasteiger partial charge in [0.25, 0.3) is 0 Å². The summed E-state index contributed by atoms with van der Waals surface area (Å²) in [6.07, 6.45) is 0.00453. The molecule has 4 nitrogen and oxygen atoms in total. The lowest BCUT2D eigenvalue weighted by atomic mass is 9.98. The van der Waals surface area contributed by atoms with Gasteiger partial charge in [-0.3, -0.25) is 0 Å². The fourth-order valence-electron chi connectivity index (χ4n) is 8.41. The van der Waals surface area contributed by atoms with E-state index in [-0.39, 0.29) is 6.17 Å². The molecule has 0 aliphatic carbocycles. The van der Waals surface area contributed by atoms with Gasteiger partial charge in [-0.2, -0.15) is 0 Å². The first-order valence-electron chi connectivity index (χ1n) is 18.1. The van der Waals surface area contributed by atoms with Gasteiger partial charge in [0.15, 0.2) is 5.58 Å². The number of nitrogens with one attached hydrogen (secondary N) is 1. The summed E-state index contributed by atoms with van der Waals surface area (Å²) < 4.78 is 9.20. The number of para-hydroxylation sites is 4. The normalized spacial score (nSPS) is 14.0. The number of hydrogen-bond donors (Lipinski definition) is 1. The van der Waals surface area contributed by atoms with Crippen LogP contribution in [0.4, 0.5) is 17.1 Å². The molecule has 1 atom stereocenters. The third-order valence-corrected chi connectivity index (χ3v) is 10.8. The number of rotatable bonds is 5. The standard InChI is InChI=1S/C49H33N3O/c1-3-13-32(14-4-1)35-27-30-43-40(31-35)38-17-7-9-21-42(38)52(43)45-23-11-19-39-47-37(18-12-24-46(47)53-48(39)45)33-25-28-36(29-26-33)51-44-22-10-8-20-41(44)50-49(51)34-15-5-2-6-16-34/h1-31,49-50H. The van der Waals surface area contributed by atoms with E-state index in [1.807, 2.05) is 0 Å². The van der Waals surface area contributed by atoms with Gasteiger partial charge in [0.1, 0.15) is 11.7 Å². The molecule has 1 N–H and O–H groups in total. The van der Waals surface area contributed by atoms with E-state index in [1.54, 1.807) is 0 Å². The summed E-state index contributed by atoms with van der Waals surface area (Å²) in [7, 11) is 0. The maximum atomic E-state index is 6.83. The van der Waals surface area contributed by atoms with Crippen molar-refractivity contribution in [2.24, 2.45) is 0 Å². The topological polar surface area (TPSA) is 33.3 Å². The van der Waals surface area contributed by atoms with Crippen LogP contribution in [0.15, 0.2) is 192 Å². The number of anilines is 3. The Balaban J connectivity index is 1.04. The van der Waals surface area contributed by atoms with Gasteiger partial charge in [-0.05, 0) is 82.4 Å². The number of fused-ring (bicyclic) bond motifs is 7. The lowest BCUT2D eigenvalue weighted by Gasteiger charge is -2.27. The predicted octanol–water partition coefficient (Wildman–Crippen LogP) is 13.3. The highest BCUT2D eigenvalue weighted by molar-refractivity contribution is 6.16. The molecule has 0 radical (unpaired) electrons. The van der Waals surface area contributed by atoms with E-state index in [9.17, 15) is 0 Å². The molecule has 250 valence electrons. The summed E-state index contributed by atoms with van der Waals surface area (Å²) >= 11 is 0. The minimum absolute atomic E-state index is 0.00453. The van der Waals surface area contributed by atoms with Gasteiger partial charge in [0.05, 0.1) is 28.1 Å². The van der Waals surface area contributed by atoms with Crippen molar-refractivity contribution in [3.8, 4) is 27.9 Å². The fourth-order valence-corrected chi connectivity index (χ4v) is 8.41. The quantitative estimate of drug-likeness (QED) is 0.197. The summed E-state index contributed by atoms with van der Waals surface area (Å²) in [5.74, 6) is 0. The Labute approximate surface area is 306 Å². The minimum Gasteiger partial charge on any atom is -0.454 e. The van der Waals surface area contributed by atoms with Crippen molar-refractivity contribution in [2.75, 3.05) is 10.2 Å². The second-order valence-electron chi connectivity index (χ2n) is 13.8. The van der Waals surface area contributed by atoms with Crippen LogP contribution in [0.5, 0.6) is 0 Å². The minimum atomic E-state index is 0.00453. The maximum Gasteiger partial charge on any atom is 0.159 e. The van der Waals surface area contributed by atoms with Gasteiger partial charge in [-0.25, -0.2) is 0 Å². The zero-order valence-electron chi connectivity index (χ0n) is 28.8. The Hall–Kier alpha value is -7.04. The van der Waals surface area contributed by atoms with Crippen LogP contribution in [0.3, 0.4) is 0 Å². The number of benzene rings is 8. The van der Waals surface area contributed by atoms with Crippen LogP contribution in [0.2, 0.25) is 0 Å².